The second-order valence-electron chi connectivity index (χ2n) is 6.63. The number of sulfone groups is 1. The number of imidazole rings is 1. The predicted molar refractivity (Wildman–Crippen MR) is 105 cm³/mol. The van der Waals surface area contributed by atoms with Crippen molar-refractivity contribution < 1.29 is 13.2 Å². The number of rotatable bonds is 3. The maximum absolute atomic E-state index is 13.0. The van der Waals surface area contributed by atoms with Crippen LogP contribution in [-0.4, -0.2) is 24.3 Å². The van der Waals surface area contributed by atoms with E-state index in [-0.39, 0.29) is 15.7 Å². The van der Waals surface area contributed by atoms with E-state index < -0.39 is 15.8 Å². The van der Waals surface area contributed by atoms with Gasteiger partial charge in [0, 0.05) is 5.69 Å². The fourth-order valence-corrected chi connectivity index (χ4v) is 4.84. The number of carbonyl (C=O) groups is 1. The summed E-state index contributed by atoms with van der Waals surface area (Å²) in [6, 6.07) is 20.5. The van der Waals surface area contributed by atoms with Crippen molar-refractivity contribution in [1.82, 2.24) is 9.97 Å². The lowest BCUT2D eigenvalue weighted by Crippen LogP contribution is -2.14. The molecule has 7 heteroatoms. The minimum atomic E-state index is -3.68. The van der Waals surface area contributed by atoms with Gasteiger partial charge in [0.25, 0.3) is 0 Å². The molecule has 0 aliphatic carbocycles. The summed E-state index contributed by atoms with van der Waals surface area (Å²) in [4.78, 5) is 20.7. The van der Waals surface area contributed by atoms with Crippen LogP contribution >= 0.6 is 0 Å². The number of nitrogens with zero attached hydrogens (tertiary/aromatic N) is 1. The van der Waals surface area contributed by atoms with Gasteiger partial charge in [-0.3, -0.25) is 4.79 Å². The Hall–Kier alpha value is -3.45. The van der Waals surface area contributed by atoms with Crippen molar-refractivity contribution in [1.29, 1.82) is 0 Å². The molecule has 0 saturated heterocycles. The third-order valence-electron chi connectivity index (χ3n) is 4.90. The highest BCUT2D eigenvalue weighted by Crippen LogP contribution is 2.38. The van der Waals surface area contributed by atoms with Crippen LogP contribution in [0.1, 0.15) is 17.3 Å². The Balaban J connectivity index is 1.64. The van der Waals surface area contributed by atoms with Crippen LogP contribution in [0.25, 0.3) is 11.0 Å². The summed E-state index contributed by atoms with van der Waals surface area (Å²) in [5, 5.41) is 2.81. The molecule has 0 fully saturated rings. The molecule has 0 spiro atoms. The summed E-state index contributed by atoms with van der Waals surface area (Å²) in [7, 11) is -3.68. The van der Waals surface area contributed by atoms with Gasteiger partial charge in [0.2, 0.25) is 15.7 Å². The van der Waals surface area contributed by atoms with Crippen LogP contribution in [0.4, 0.5) is 5.69 Å². The summed E-state index contributed by atoms with van der Waals surface area (Å²) in [6.07, 6.45) is 0. The maximum atomic E-state index is 13.0. The topological polar surface area (TPSA) is 91.9 Å². The number of amides is 1. The highest BCUT2D eigenvalue weighted by atomic mass is 32.2. The standard InChI is InChI=1S/C21H15N3O3S/c25-21-19(20-22-17-8-4-5-9-18(17)23-20)15-12-14(10-11-16(15)24-21)28(26,27)13-6-2-1-3-7-13/h1-12,19H,(H,22,23)(H,24,25). The smallest absolute Gasteiger partial charge is 0.239 e. The quantitative estimate of drug-likeness (QED) is 0.561. The Morgan fingerprint density at radius 1 is 0.857 bits per heavy atom. The van der Waals surface area contributed by atoms with E-state index in [1.165, 1.54) is 6.07 Å². The second kappa shape index (κ2) is 6.03. The van der Waals surface area contributed by atoms with Gasteiger partial charge in [0.05, 0.1) is 20.8 Å². The molecule has 2 heterocycles. The van der Waals surface area contributed by atoms with Crippen LogP contribution in [-0.2, 0) is 14.6 Å². The van der Waals surface area contributed by atoms with E-state index in [4.69, 9.17) is 0 Å². The van der Waals surface area contributed by atoms with E-state index in [1.807, 2.05) is 24.3 Å². The van der Waals surface area contributed by atoms with Crippen molar-refractivity contribution in [3.05, 3.63) is 84.2 Å². The lowest BCUT2D eigenvalue weighted by atomic mass is 10.0. The van der Waals surface area contributed by atoms with Crippen LogP contribution < -0.4 is 5.32 Å². The van der Waals surface area contributed by atoms with Gasteiger partial charge in [0.15, 0.2) is 0 Å². The molecule has 3 aromatic carbocycles. The van der Waals surface area contributed by atoms with E-state index in [0.29, 0.717) is 17.1 Å². The Morgan fingerprint density at radius 3 is 2.39 bits per heavy atom. The lowest BCUT2D eigenvalue weighted by molar-refractivity contribution is -0.116. The zero-order valence-corrected chi connectivity index (χ0v) is 15.4. The van der Waals surface area contributed by atoms with Gasteiger partial charge in [-0.2, -0.15) is 0 Å². The monoisotopic (exact) mass is 389 g/mol. The van der Waals surface area contributed by atoms with Crippen LogP contribution in [0.2, 0.25) is 0 Å². The van der Waals surface area contributed by atoms with E-state index in [0.717, 1.165) is 11.0 Å². The molecule has 1 unspecified atom stereocenters. The van der Waals surface area contributed by atoms with Crippen molar-refractivity contribution in [2.24, 2.45) is 0 Å². The minimum absolute atomic E-state index is 0.148. The Bertz CT molecular complexity index is 1290. The number of hydrogen-bond acceptors (Lipinski definition) is 4. The fraction of sp³-hybridized carbons (Fsp3) is 0.0476. The highest BCUT2D eigenvalue weighted by molar-refractivity contribution is 7.91. The van der Waals surface area contributed by atoms with Crippen molar-refractivity contribution in [2.75, 3.05) is 5.32 Å². The third-order valence-corrected chi connectivity index (χ3v) is 6.67. The van der Waals surface area contributed by atoms with Gasteiger partial charge in [-0.15, -0.1) is 0 Å². The Kier molecular flexibility index (Phi) is 3.60. The predicted octanol–water partition coefficient (Wildman–Crippen LogP) is 3.48. The molecule has 0 radical (unpaired) electrons. The molecule has 138 valence electrons. The van der Waals surface area contributed by atoms with Gasteiger partial charge in [-0.05, 0) is 48.0 Å². The van der Waals surface area contributed by atoms with Crippen LogP contribution in [0.5, 0.6) is 0 Å². The first-order valence-corrected chi connectivity index (χ1v) is 10.2. The number of benzene rings is 3. The van der Waals surface area contributed by atoms with Crippen molar-refractivity contribution in [3.63, 3.8) is 0 Å². The van der Waals surface area contributed by atoms with E-state index in [2.05, 4.69) is 15.3 Å². The fourth-order valence-electron chi connectivity index (χ4n) is 3.52. The molecular weight excluding hydrogens is 374 g/mol. The molecule has 1 aliphatic rings. The SMILES string of the molecule is O=C1Nc2ccc(S(=O)(=O)c3ccccc3)cc2C1c1nc2ccccc2[nH]1. The lowest BCUT2D eigenvalue weighted by Gasteiger charge is -2.09. The molecule has 6 nitrogen and oxygen atoms in total. The Labute approximate surface area is 161 Å². The number of aromatic amines is 1. The molecule has 0 saturated carbocycles. The molecule has 2 N–H and O–H groups in total. The summed E-state index contributed by atoms with van der Waals surface area (Å²) >= 11 is 0. The highest BCUT2D eigenvalue weighted by Gasteiger charge is 2.35. The van der Waals surface area contributed by atoms with Crippen molar-refractivity contribution >= 4 is 32.5 Å². The number of nitrogens with one attached hydrogen (secondary N) is 2. The largest absolute Gasteiger partial charge is 0.341 e. The number of para-hydroxylation sites is 2. The number of carbonyl (C=O) groups excluding carboxylic acids is 1. The number of aromatic nitrogens is 2. The molecule has 28 heavy (non-hydrogen) atoms. The summed E-state index contributed by atoms with van der Waals surface area (Å²) < 4.78 is 25.9. The molecule has 0 bridgehead atoms. The summed E-state index contributed by atoms with van der Waals surface area (Å²) in [6.45, 7) is 0. The molecule has 1 aromatic heterocycles. The average Bonchev–Trinajstić information content (AvgIpc) is 3.27. The van der Waals surface area contributed by atoms with E-state index in [9.17, 15) is 13.2 Å². The zero-order valence-electron chi connectivity index (χ0n) is 14.6. The van der Waals surface area contributed by atoms with Crippen molar-refractivity contribution in [2.45, 2.75) is 15.7 Å². The van der Waals surface area contributed by atoms with Crippen LogP contribution in [0.15, 0.2) is 82.6 Å². The first-order chi connectivity index (χ1) is 13.5. The molecule has 1 atom stereocenters. The first-order valence-electron chi connectivity index (χ1n) is 8.74. The van der Waals surface area contributed by atoms with Gasteiger partial charge >= 0.3 is 0 Å². The minimum Gasteiger partial charge on any atom is -0.341 e. The van der Waals surface area contributed by atoms with Gasteiger partial charge in [0.1, 0.15) is 11.7 Å². The average molecular weight is 389 g/mol. The number of H-pyrrole nitrogens is 1. The number of fused-ring (bicyclic) bond motifs is 2. The molecule has 4 aromatic rings. The Morgan fingerprint density at radius 2 is 1.61 bits per heavy atom. The summed E-state index contributed by atoms with van der Waals surface area (Å²) in [5.41, 5.74) is 2.78. The second-order valence-corrected chi connectivity index (χ2v) is 8.58. The van der Waals surface area contributed by atoms with E-state index >= 15 is 0 Å². The molecule has 1 amide bonds. The zero-order chi connectivity index (χ0) is 19.3. The van der Waals surface area contributed by atoms with Crippen LogP contribution in [0, 0.1) is 0 Å². The molecular formula is C21H15N3O3S. The van der Waals surface area contributed by atoms with Crippen LogP contribution in [0.3, 0.4) is 0 Å². The van der Waals surface area contributed by atoms with Gasteiger partial charge < -0.3 is 10.3 Å². The number of hydrogen-bond donors (Lipinski definition) is 2. The van der Waals surface area contributed by atoms with Crippen molar-refractivity contribution in [3.8, 4) is 0 Å². The number of anilines is 1. The maximum Gasteiger partial charge on any atom is 0.239 e. The normalized spacial score (nSPS) is 16.1. The third kappa shape index (κ3) is 2.51. The molecule has 5 rings (SSSR count). The van der Waals surface area contributed by atoms with E-state index in [1.54, 1.807) is 42.5 Å². The molecule has 1 aliphatic heterocycles. The summed E-state index contributed by atoms with van der Waals surface area (Å²) in [5.74, 6) is -0.427. The van der Waals surface area contributed by atoms with Gasteiger partial charge in [-0.25, -0.2) is 13.4 Å². The first kappa shape index (κ1) is 16.7. The van der Waals surface area contributed by atoms with Gasteiger partial charge in [-0.1, -0.05) is 30.3 Å².